The molecule has 0 unspecified atom stereocenters. The van der Waals surface area contributed by atoms with Crippen molar-refractivity contribution in [2.45, 2.75) is 127 Å². The second-order valence-electron chi connectivity index (χ2n) is 16.3. The van der Waals surface area contributed by atoms with Gasteiger partial charge in [-0.1, -0.05) is 107 Å². The van der Waals surface area contributed by atoms with Crippen LogP contribution in [-0.2, 0) is 90.2 Å². The molecular weight excluding hydrogens is 1030 g/mol. The lowest BCUT2D eigenvalue weighted by molar-refractivity contribution is -0.149. The van der Waals surface area contributed by atoms with Gasteiger partial charge in [0.15, 0.2) is 0 Å². The zero-order valence-electron chi connectivity index (χ0n) is 41.1. The molecule has 7 rings (SSSR count). The van der Waals surface area contributed by atoms with Gasteiger partial charge in [-0.05, 0) is 61.6 Å². The monoisotopic (exact) mass is 1100 g/mol. The third-order valence-electron chi connectivity index (χ3n) is 10.2. The summed E-state index contributed by atoms with van der Waals surface area (Å²) in [5.74, 6) is -3.86. The third kappa shape index (κ3) is 30.6. The van der Waals surface area contributed by atoms with Crippen molar-refractivity contribution >= 4 is 75.4 Å². The fourth-order valence-corrected chi connectivity index (χ4v) is 6.63. The van der Waals surface area contributed by atoms with E-state index in [1.165, 1.54) is 5.56 Å². The molecular formula is C52H66BrN3O18. The molecule has 0 aliphatic carbocycles. The maximum Gasteiger partial charge on any atom is 0.328 e. The maximum atomic E-state index is 11.6. The van der Waals surface area contributed by atoms with E-state index >= 15 is 0 Å². The standard InChI is InChI=1S/C16H19NO5.C11H14O3.C9H13NO5.C7H7Br.C5H7NO3.C4H6O2/c18-14-9-8-13(17-14)16(20)21-10-4-7-15(19)22-11-12-5-2-1-3-6-12;12-8-4-7-11(13)14-9-10-5-2-1-3-6-10;11-7-4-3-6(10-7)9(14)15-5-1-2-8(12)13;8-6-7-4-2-1-3-5-7;7-4-2-1-3(6-4)5(8)9;5-4-2-1-3-6-4/h1-3,5-6,13H,4,7-11H2,(H,17,18);1-3,5-6,12H,4,7-9H2;6H,1-5H2,(H,10,11)(H,12,13);1-5H,6H2;3H,1-2H2,(H,6,7)(H,8,9);1-3H2/t13-;;6-;;3-;/m0.0.0./s1. The fourth-order valence-electron chi connectivity index (χ4n) is 6.25. The Morgan fingerprint density at radius 3 is 1.24 bits per heavy atom. The first-order chi connectivity index (χ1) is 35.6. The van der Waals surface area contributed by atoms with Gasteiger partial charge < -0.3 is 55.0 Å². The first-order valence-corrected chi connectivity index (χ1v) is 25.1. The second-order valence-corrected chi connectivity index (χ2v) is 16.9. The number of nitrogens with one attached hydrogen (secondary N) is 3. The molecule has 4 heterocycles. The van der Waals surface area contributed by atoms with E-state index in [1.54, 1.807) is 0 Å². The van der Waals surface area contributed by atoms with Gasteiger partial charge in [-0.25, -0.2) is 14.4 Å². The van der Waals surface area contributed by atoms with Gasteiger partial charge in [0.2, 0.25) is 17.7 Å². The van der Waals surface area contributed by atoms with Gasteiger partial charge in [-0.3, -0.25) is 33.6 Å². The molecule has 4 aliphatic rings. The Kier molecular flexibility index (Phi) is 32.7. The minimum absolute atomic E-state index is 0.0235. The number of hydrogen-bond donors (Lipinski definition) is 6. The van der Waals surface area contributed by atoms with Crippen LogP contribution in [0.15, 0.2) is 91.0 Å². The number of ether oxygens (including phenoxy) is 5. The zero-order valence-corrected chi connectivity index (χ0v) is 42.7. The number of aliphatic hydroxyl groups excluding tert-OH is 1. The lowest BCUT2D eigenvalue weighted by Gasteiger charge is -2.10. The van der Waals surface area contributed by atoms with Gasteiger partial charge in [0, 0.05) is 56.9 Å². The predicted octanol–water partition coefficient (Wildman–Crippen LogP) is 4.76. The highest BCUT2D eigenvalue weighted by Gasteiger charge is 2.29. The number of benzene rings is 3. The average molecular weight is 1100 g/mol. The topological polar surface area (TPSA) is 314 Å². The highest BCUT2D eigenvalue weighted by Crippen LogP contribution is 2.11. The molecule has 0 saturated carbocycles. The number of carbonyl (C=O) groups excluding carboxylic acids is 8. The zero-order chi connectivity index (χ0) is 54.4. The Labute approximate surface area is 437 Å². The Morgan fingerprint density at radius 2 is 0.946 bits per heavy atom. The molecule has 0 aromatic heterocycles. The molecule has 4 aliphatic heterocycles. The van der Waals surface area contributed by atoms with Crippen LogP contribution < -0.4 is 16.0 Å². The minimum atomic E-state index is -0.944. The number of halogens is 1. The van der Waals surface area contributed by atoms with Gasteiger partial charge in [-0.2, -0.15) is 0 Å². The summed E-state index contributed by atoms with van der Waals surface area (Å²) in [6.45, 7) is 1.45. The summed E-state index contributed by atoms with van der Waals surface area (Å²) in [4.78, 5) is 108. The molecule has 3 amide bonds. The SMILES string of the molecule is BrCc1ccccc1.O=C(CCCO)OCc1ccccc1.O=C(O)CCCOC(=O)[C@@H]1CCC(=O)N1.O=C1CCCO1.O=C1CC[C@@H](C(=O)O)N1.O=C1CC[C@@H](C(=O)OCCCC(=O)OCc2ccccc2)N1. The predicted molar refractivity (Wildman–Crippen MR) is 267 cm³/mol. The number of rotatable bonds is 19. The van der Waals surface area contributed by atoms with Crippen LogP contribution in [0.4, 0.5) is 0 Å². The average Bonchev–Trinajstić information content (AvgIpc) is 4.26. The molecule has 4 fully saturated rings. The summed E-state index contributed by atoms with van der Waals surface area (Å²) in [5, 5.41) is 33.4. The van der Waals surface area contributed by atoms with Gasteiger partial charge in [0.25, 0.3) is 0 Å². The van der Waals surface area contributed by atoms with Gasteiger partial charge in [0.05, 0.1) is 19.8 Å². The van der Waals surface area contributed by atoms with E-state index in [0.29, 0.717) is 77.4 Å². The maximum absolute atomic E-state index is 11.6. The van der Waals surface area contributed by atoms with Crippen LogP contribution >= 0.6 is 15.9 Å². The lowest BCUT2D eigenvalue weighted by Crippen LogP contribution is -2.34. The third-order valence-corrected chi connectivity index (χ3v) is 10.9. The van der Waals surface area contributed by atoms with Gasteiger partial charge in [0.1, 0.15) is 31.3 Å². The summed E-state index contributed by atoms with van der Waals surface area (Å²) in [6.07, 6.45) is 5.54. The van der Waals surface area contributed by atoms with E-state index in [0.717, 1.165) is 22.9 Å². The van der Waals surface area contributed by atoms with Crippen LogP contribution in [-0.4, -0.2) is 119 Å². The van der Waals surface area contributed by atoms with Crippen molar-refractivity contribution < 1.29 is 86.9 Å². The first kappa shape index (κ1) is 62.9. The van der Waals surface area contributed by atoms with Crippen molar-refractivity contribution in [3.8, 4) is 0 Å². The van der Waals surface area contributed by atoms with Crippen LogP contribution in [0.5, 0.6) is 0 Å². The van der Waals surface area contributed by atoms with E-state index in [-0.39, 0.29) is 81.3 Å². The molecule has 6 N–H and O–H groups in total. The number of hydrogen-bond acceptors (Lipinski definition) is 16. The number of cyclic esters (lactones) is 1. The Hall–Kier alpha value is -7.20. The molecule has 3 aromatic rings. The van der Waals surface area contributed by atoms with Gasteiger partial charge in [-0.15, -0.1) is 0 Å². The summed E-state index contributed by atoms with van der Waals surface area (Å²) < 4.78 is 24.4. The van der Waals surface area contributed by atoms with Crippen molar-refractivity contribution in [1.82, 2.24) is 16.0 Å². The number of carbonyl (C=O) groups is 10. The smallest absolute Gasteiger partial charge is 0.328 e. The molecule has 404 valence electrons. The molecule has 0 spiro atoms. The Morgan fingerprint density at radius 1 is 0.541 bits per heavy atom. The van der Waals surface area contributed by atoms with Crippen molar-refractivity contribution in [2.24, 2.45) is 0 Å². The van der Waals surface area contributed by atoms with Crippen molar-refractivity contribution in [3.05, 3.63) is 108 Å². The van der Waals surface area contributed by atoms with Gasteiger partial charge >= 0.3 is 41.8 Å². The quantitative estimate of drug-likeness (QED) is 0.0408. The van der Waals surface area contributed by atoms with Crippen LogP contribution in [0.2, 0.25) is 0 Å². The highest BCUT2D eigenvalue weighted by atomic mass is 79.9. The van der Waals surface area contributed by atoms with E-state index in [4.69, 9.17) is 34.3 Å². The number of aliphatic carboxylic acids is 2. The van der Waals surface area contributed by atoms with Crippen LogP contribution in [0.25, 0.3) is 0 Å². The first-order valence-electron chi connectivity index (χ1n) is 24.0. The summed E-state index contributed by atoms with van der Waals surface area (Å²) >= 11 is 3.36. The fraction of sp³-hybridized carbons (Fsp3) is 0.462. The van der Waals surface area contributed by atoms with Crippen LogP contribution in [0.1, 0.15) is 107 Å². The summed E-state index contributed by atoms with van der Waals surface area (Å²) in [7, 11) is 0. The number of amides is 3. The van der Waals surface area contributed by atoms with E-state index < -0.39 is 42.0 Å². The lowest BCUT2D eigenvalue weighted by atomic mass is 10.2. The van der Waals surface area contributed by atoms with E-state index in [2.05, 4.69) is 48.7 Å². The molecule has 0 bridgehead atoms. The molecule has 74 heavy (non-hydrogen) atoms. The minimum Gasteiger partial charge on any atom is -0.481 e. The Balaban J connectivity index is 0.000000319. The number of esters is 5. The van der Waals surface area contributed by atoms with Crippen LogP contribution in [0.3, 0.4) is 0 Å². The Bertz CT molecular complexity index is 2190. The molecule has 4 saturated heterocycles. The largest absolute Gasteiger partial charge is 0.481 e. The number of alkyl halides is 1. The summed E-state index contributed by atoms with van der Waals surface area (Å²) in [5.41, 5.74) is 3.23. The van der Waals surface area contributed by atoms with Crippen molar-refractivity contribution in [2.75, 3.05) is 26.4 Å². The second kappa shape index (κ2) is 38.4. The molecule has 21 nitrogen and oxygen atoms in total. The van der Waals surface area contributed by atoms with Crippen molar-refractivity contribution in [1.29, 1.82) is 0 Å². The normalized spacial score (nSPS) is 16.7. The number of carboxylic acid groups (broad SMARTS) is 2. The summed E-state index contributed by atoms with van der Waals surface area (Å²) in [6, 6.07) is 27.5. The number of aliphatic hydroxyl groups is 1. The molecule has 0 radical (unpaired) electrons. The highest BCUT2D eigenvalue weighted by molar-refractivity contribution is 9.08. The number of carboxylic acids is 2. The molecule has 22 heteroatoms. The molecule has 3 atom stereocenters. The molecule has 3 aromatic carbocycles. The van der Waals surface area contributed by atoms with E-state index in [9.17, 15) is 47.9 Å². The van der Waals surface area contributed by atoms with E-state index in [1.807, 2.05) is 78.9 Å². The van der Waals surface area contributed by atoms with Crippen LogP contribution in [0, 0.1) is 0 Å². The van der Waals surface area contributed by atoms with Crippen molar-refractivity contribution in [3.63, 3.8) is 0 Å².